The van der Waals surface area contributed by atoms with E-state index in [0.29, 0.717) is 0 Å². The van der Waals surface area contributed by atoms with Crippen LogP contribution in [-0.2, 0) is 13.0 Å². The highest BCUT2D eigenvalue weighted by atomic mass is 16.5. The van der Waals surface area contributed by atoms with Gasteiger partial charge in [-0.3, -0.25) is 4.90 Å². The lowest BCUT2D eigenvalue weighted by atomic mass is 10.0. The first-order valence-corrected chi connectivity index (χ1v) is 8.37. The van der Waals surface area contributed by atoms with Gasteiger partial charge in [0, 0.05) is 13.1 Å². The van der Waals surface area contributed by atoms with Crippen molar-refractivity contribution in [3.8, 4) is 5.75 Å². The minimum atomic E-state index is 0.853. The number of nitrogens with zero attached hydrogens (tertiary/aromatic N) is 1. The summed E-state index contributed by atoms with van der Waals surface area (Å²) in [7, 11) is 2.15. The second kappa shape index (κ2) is 7.47. The fraction of sp³-hybridized carbons (Fsp3) is 0.333. The van der Waals surface area contributed by atoms with Crippen LogP contribution in [0.1, 0.15) is 28.7 Å². The minimum Gasteiger partial charge on any atom is -0.493 e. The van der Waals surface area contributed by atoms with E-state index in [1.54, 1.807) is 0 Å². The second-order valence-electron chi connectivity index (χ2n) is 6.40. The molecule has 0 fully saturated rings. The summed E-state index contributed by atoms with van der Waals surface area (Å²) in [6, 6.07) is 15.3. The molecule has 23 heavy (non-hydrogen) atoms. The van der Waals surface area contributed by atoms with Crippen LogP contribution in [0.5, 0.6) is 5.75 Å². The highest BCUT2D eigenvalue weighted by Crippen LogP contribution is 2.26. The molecular weight excluding hydrogens is 282 g/mol. The van der Waals surface area contributed by atoms with Gasteiger partial charge in [-0.25, -0.2) is 0 Å². The smallest absolute Gasteiger partial charge is 0.122 e. The number of benzene rings is 2. The quantitative estimate of drug-likeness (QED) is 0.808. The van der Waals surface area contributed by atoms with Gasteiger partial charge in [-0.05, 0) is 49.6 Å². The summed E-state index contributed by atoms with van der Waals surface area (Å²) in [6.07, 6.45) is 6.69. The molecule has 0 aliphatic carbocycles. The minimum absolute atomic E-state index is 0.853. The van der Waals surface area contributed by atoms with Gasteiger partial charge in [-0.1, -0.05) is 54.1 Å². The molecule has 0 saturated carbocycles. The maximum Gasteiger partial charge on any atom is 0.122 e. The number of rotatable bonds is 5. The molecule has 0 N–H and O–H groups in total. The largest absolute Gasteiger partial charge is 0.493 e. The van der Waals surface area contributed by atoms with E-state index in [4.69, 9.17) is 4.74 Å². The molecule has 0 radical (unpaired) electrons. The first-order valence-electron chi connectivity index (χ1n) is 8.37. The first kappa shape index (κ1) is 15.8. The summed E-state index contributed by atoms with van der Waals surface area (Å²) in [5, 5.41) is 0. The molecule has 0 spiro atoms. The Morgan fingerprint density at radius 3 is 2.78 bits per heavy atom. The van der Waals surface area contributed by atoms with Crippen molar-refractivity contribution >= 4 is 6.08 Å². The molecule has 0 atom stereocenters. The first-order chi connectivity index (χ1) is 11.2. The van der Waals surface area contributed by atoms with Gasteiger partial charge in [0.25, 0.3) is 0 Å². The molecule has 2 aromatic carbocycles. The van der Waals surface area contributed by atoms with Crippen LogP contribution in [0.2, 0.25) is 0 Å². The number of ether oxygens (including phenoxy) is 1. The molecule has 1 aliphatic rings. The molecule has 3 rings (SSSR count). The topological polar surface area (TPSA) is 12.5 Å². The monoisotopic (exact) mass is 307 g/mol. The van der Waals surface area contributed by atoms with Crippen molar-refractivity contribution in [1.82, 2.24) is 4.90 Å². The summed E-state index contributed by atoms with van der Waals surface area (Å²) in [5.74, 6) is 1.08. The van der Waals surface area contributed by atoms with Crippen molar-refractivity contribution in [2.24, 2.45) is 0 Å². The van der Waals surface area contributed by atoms with Crippen LogP contribution in [0.15, 0.2) is 48.5 Å². The Bertz CT molecular complexity index is 673. The summed E-state index contributed by atoms with van der Waals surface area (Å²) in [4.78, 5) is 2.31. The average molecular weight is 307 g/mol. The zero-order valence-electron chi connectivity index (χ0n) is 14.1. The molecule has 2 nitrogen and oxygen atoms in total. The highest BCUT2D eigenvalue weighted by Gasteiger charge is 2.10. The lowest BCUT2D eigenvalue weighted by molar-refractivity contribution is 0.287. The fourth-order valence-electron chi connectivity index (χ4n) is 2.91. The van der Waals surface area contributed by atoms with E-state index in [1.165, 1.54) is 22.3 Å². The van der Waals surface area contributed by atoms with Gasteiger partial charge in [0.1, 0.15) is 5.75 Å². The maximum atomic E-state index is 5.76. The predicted molar refractivity (Wildman–Crippen MR) is 96.8 cm³/mol. The van der Waals surface area contributed by atoms with Gasteiger partial charge in [0.2, 0.25) is 0 Å². The van der Waals surface area contributed by atoms with E-state index in [0.717, 1.165) is 38.3 Å². The van der Waals surface area contributed by atoms with Crippen LogP contribution in [0, 0.1) is 6.92 Å². The van der Waals surface area contributed by atoms with Gasteiger partial charge >= 0.3 is 0 Å². The molecule has 120 valence electrons. The van der Waals surface area contributed by atoms with Crippen LogP contribution in [0.3, 0.4) is 0 Å². The van der Waals surface area contributed by atoms with E-state index in [2.05, 4.69) is 73.5 Å². The van der Waals surface area contributed by atoms with Crippen LogP contribution < -0.4 is 4.74 Å². The number of hydrogen-bond acceptors (Lipinski definition) is 2. The van der Waals surface area contributed by atoms with Crippen LogP contribution in [0.25, 0.3) is 6.08 Å². The summed E-state index contributed by atoms with van der Waals surface area (Å²) in [6.45, 7) is 4.84. The molecule has 1 heterocycles. The standard InChI is InChI=1S/C21H25NO/c1-17-7-9-18(10-8-17)5-3-13-22(2)16-19-11-12-20-6-4-14-23-21(20)15-19/h3,5,7-12,15H,4,6,13-14,16H2,1-2H3. The van der Waals surface area contributed by atoms with Gasteiger partial charge in [0.05, 0.1) is 6.61 Å². The maximum absolute atomic E-state index is 5.76. The van der Waals surface area contributed by atoms with Crippen molar-refractivity contribution < 1.29 is 4.74 Å². The van der Waals surface area contributed by atoms with Crippen molar-refractivity contribution in [2.45, 2.75) is 26.3 Å². The normalized spacial score (nSPS) is 14.0. The Balaban J connectivity index is 1.54. The van der Waals surface area contributed by atoms with Gasteiger partial charge in [-0.15, -0.1) is 0 Å². The van der Waals surface area contributed by atoms with E-state index in [1.807, 2.05) is 0 Å². The Morgan fingerprint density at radius 2 is 1.96 bits per heavy atom. The van der Waals surface area contributed by atoms with Crippen LogP contribution in [-0.4, -0.2) is 25.1 Å². The van der Waals surface area contributed by atoms with Crippen molar-refractivity contribution in [1.29, 1.82) is 0 Å². The lowest BCUT2D eigenvalue weighted by Gasteiger charge is -2.20. The fourth-order valence-corrected chi connectivity index (χ4v) is 2.91. The molecule has 0 bridgehead atoms. The molecule has 2 heteroatoms. The van der Waals surface area contributed by atoms with E-state index >= 15 is 0 Å². The number of likely N-dealkylation sites (N-methyl/N-ethyl adjacent to an activating group) is 1. The number of fused-ring (bicyclic) bond motifs is 1. The Hall–Kier alpha value is -2.06. The summed E-state index contributed by atoms with van der Waals surface area (Å²) < 4.78 is 5.76. The van der Waals surface area contributed by atoms with Crippen molar-refractivity contribution in [3.05, 3.63) is 70.8 Å². The summed E-state index contributed by atoms with van der Waals surface area (Å²) in [5.41, 5.74) is 5.22. The van der Waals surface area contributed by atoms with Crippen molar-refractivity contribution in [2.75, 3.05) is 20.2 Å². The Morgan fingerprint density at radius 1 is 1.13 bits per heavy atom. The Kier molecular flexibility index (Phi) is 5.14. The number of hydrogen-bond donors (Lipinski definition) is 0. The average Bonchev–Trinajstić information content (AvgIpc) is 2.56. The predicted octanol–water partition coefficient (Wildman–Crippen LogP) is 4.47. The zero-order chi connectivity index (χ0) is 16.1. The third kappa shape index (κ3) is 4.46. The zero-order valence-corrected chi connectivity index (χ0v) is 14.1. The molecule has 0 unspecified atom stereocenters. The van der Waals surface area contributed by atoms with Gasteiger partial charge < -0.3 is 4.74 Å². The molecule has 0 aromatic heterocycles. The van der Waals surface area contributed by atoms with Gasteiger partial charge in [-0.2, -0.15) is 0 Å². The van der Waals surface area contributed by atoms with Crippen molar-refractivity contribution in [3.63, 3.8) is 0 Å². The third-order valence-corrected chi connectivity index (χ3v) is 4.24. The SMILES string of the molecule is Cc1ccc(C=CCN(C)Cc2ccc3c(c2)OCCC3)cc1. The molecule has 0 saturated heterocycles. The molecule has 1 aliphatic heterocycles. The van der Waals surface area contributed by atoms with Gasteiger partial charge in [0.15, 0.2) is 0 Å². The van der Waals surface area contributed by atoms with Crippen LogP contribution in [0.4, 0.5) is 0 Å². The summed E-state index contributed by atoms with van der Waals surface area (Å²) >= 11 is 0. The lowest BCUT2D eigenvalue weighted by Crippen LogP contribution is -2.18. The van der Waals surface area contributed by atoms with E-state index in [9.17, 15) is 0 Å². The number of aryl methyl sites for hydroxylation is 2. The molecular formula is C21H25NO. The van der Waals surface area contributed by atoms with E-state index in [-0.39, 0.29) is 0 Å². The highest BCUT2D eigenvalue weighted by molar-refractivity contribution is 5.49. The second-order valence-corrected chi connectivity index (χ2v) is 6.40. The molecule has 0 amide bonds. The Labute approximate surface area is 139 Å². The third-order valence-electron chi connectivity index (χ3n) is 4.24. The van der Waals surface area contributed by atoms with E-state index < -0.39 is 0 Å². The van der Waals surface area contributed by atoms with Crippen LogP contribution >= 0.6 is 0 Å². The molecule has 2 aromatic rings.